The van der Waals surface area contributed by atoms with Crippen molar-refractivity contribution in [1.29, 1.82) is 0 Å². The van der Waals surface area contributed by atoms with E-state index < -0.39 is 0 Å². The zero-order valence-electron chi connectivity index (χ0n) is 9.87. The molecule has 0 heterocycles. The van der Waals surface area contributed by atoms with Gasteiger partial charge in [-0.2, -0.15) is 0 Å². The van der Waals surface area contributed by atoms with Gasteiger partial charge in [-0.3, -0.25) is 4.48 Å². The zero-order chi connectivity index (χ0) is 11.9. The van der Waals surface area contributed by atoms with Crippen molar-refractivity contribution in [2.45, 2.75) is 0 Å². The molecule has 98 valence electrons. The lowest BCUT2D eigenvalue weighted by Gasteiger charge is -2.36. The molecular weight excluding hydrogens is 222 g/mol. The largest absolute Gasteiger partial charge is 0.870 e. The molecule has 0 bridgehead atoms. The summed E-state index contributed by atoms with van der Waals surface area (Å²) < 4.78 is 0.421. The van der Waals surface area contributed by atoms with Gasteiger partial charge in [0.1, 0.15) is 25.3 Å². The molecule has 0 amide bonds. The molecule has 0 atom stereocenters. The maximum atomic E-state index is 9.14. The fourth-order valence-electron chi connectivity index (χ4n) is 2.04. The molecule has 1 rings (SSSR count). The minimum absolute atomic E-state index is 0. The number of nitrogens with zero attached hydrogens (tertiary/aromatic N) is 1. The van der Waals surface area contributed by atoms with Crippen LogP contribution < -0.4 is 4.48 Å². The Kier molecular flexibility index (Phi) is 7.69. The van der Waals surface area contributed by atoms with Crippen molar-refractivity contribution in [2.24, 2.45) is 0 Å². The molecule has 0 spiro atoms. The van der Waals surface area contributed by atoms with Crippen molar-refractivity contribution in [2.75, 3.05) is 39.5 Å². The fourth-order valence-corrected chi connectivity index (χ4v) is 2.04. The van der Waals surface area contributed by atoms with Crippen LogP contribution in [0.25, 0.3) is 0 Å². The van der Waals surface area contributed by atoms with Gasteiger partial charge in [0.25, 0.3) is 0 Å². The van der Waals surface area contributed by atoms with Gasteiger partial charge in [0.15, 0.2) is 0 Å². The van der Waals surface area contributed by atoms with Crippen molar-refractivity contribution >= 4 is 5.69 Å². The predicted molar refractivity (Wildman–Crippen MR) is 66.0 cm³/mol. The van der Waals surface area contributed by atoms with Crippen molar-refractivity contribution in [3.63, 3.8) is 0 Å². The molecule has 0 unspecified atom stereocenters. The summed E-state index contributed by atoms with van der Waals surface area (Å²) in [6.07, 6.45) is 0. The molecule has 1 aromatic carbocycles. The third kappa shape index (κ3) is 4.07. The van der Waals surface area contributed by atoms with Gasteiger partial charge in [0.2, 0.25) is 0 Å². The molecule has 0 radical (unpaired) electrons. The van der Waals surface area contributed by atoms with Gasteiger partial charge in [-0.1, -0.05) is 18.2 Å². The fraction of sp³-hybridized carbons (Fsp3) is 0.500. The Morgan fingerprint density at radius 2 is 1.18 bits per heavy atom. The molecule has 5 heteroatoms. The van der Waals surface area contributed by atoms with E-state index >= 15 is 0 Å². The molecule has 17 heavy (non-hydrogen) atoms. The van der Waals surface area contributed by atoms with Gasteiger partial charge in [-0.25, -0.2) is 0 Å². The highest BCUT2D eigenvalue weighted by atomic mass is 16.3. The lowest BCUT2D eigenvalue weighted by molar-refractivity contribution is 0.138. The Hall–Kier alpha value is -0.980. The molecule has 0 aromatic heterocycles. The van der Waals surface area contributed by atoms with E-state index in [4.69, 9.17) is 15.3 Å². The van der Waals surface area contributed by atoms with Gasteiger partial charge in [-0.15, -0.1) is 0 Å². The summed E-state index contributed by atoms with van der Waals surface area (Å²) in [5, 5.41) is 27.4. The summed E-state index contributed by atoms with van der Waals surface area (Å²) in [5.74, 6) is 0. The number of aliphatic hydroxyl groups is 3. The maximum absolute atomic E-state index is 9.14. The quantitative estimate of drug-likeness (QED) is 0.578. The second-order valence-electron chi connectivity index (χ2n) is 3.82. The molecule has 0 fully saturated rings. The van der Waals surface area contributed by atoms with Gasteiger partial charge in [-0.05, 0) is 12.1 Å². The SMILES string of the molecule is OCC[N+](CCO)(CCO)c1ccccc1.[OH-]. The van der Waals surface area contributed by atoms with E-state index in [-0.39, 0.29) is 25.3 Å². The third-order valence-corrected chi connectivity index (χ3v) is 2.89. The third-order valence-electron chi connectivity index (χ3n) is 2.89. The average molecular weight is 243 g/mol. The minimum Gasteiger partial charge on any atom is -0.870 e. The van der Waals surface area contributed by atoms with Gasteiger partial charge >= 0.3 is 0 Å². The predicted octanol–water partition coefficient (Wildman–Crippen LogP) is -0.206. The van der Waals surface area contributed by atoms with Gasteiger partial charge < -0.3 is 20.8 Å². The number of hydrogen-bond donors (Lipinski definition) is 3. The molecule has 0 aliphatic rings. The van der Waals surface area contributed by atoms with Gasteiger partial charge in [0, 0.05) is 0 Å². The van der Waals surface area contributed by atoms with Crippen molar-refractivity contribution < 1.29 is 20.8 Å². The summed E-state index contributed by atoms with van der Waals surface area (Å²) in [6, 6.07) is 9.69. The van der Waals surface area contributed by atoms with Crippen molar-refractivity contribution in [3.05, 3.63) is 30.3 Å². The summed E-state index contributed by atoms with van der Waals surface area (Å²) in [4.78, 5) is 0. The molecule has 4 N–H and O–H groups in total. The Labute approximate surface area is 101 Å². The van der Waals surface area contributed by atoms with Crippen LogP contribution in [0.15, 0.2) is 30.3 Å². The summed E-state index contributed by atoms with van der Waals surface area (Å²) in [7, 11) is 0. The summed E-state index contributed by atoms with van der Waals surface area (Å²) in [5.41, 5.74) is 1.01. The monoisotopic (exact) mass is 243 g/mol. The van der Waals surface area contributed by atoms with Crippen LogP contribution in [-0.4, -0.2) is 60.3 Å². The summed E-state index contributed by atoms with van der Waals surface area (Å²) >= 11 is 0. The molecule has 5 nitrogen and oxygen atoms in total. The van der Waals surface area contributed by atoms with E-state index in [0.29, 0.717) is 24.1 Å². The van der Waals surface area contributed by atoms with Crippen LogP contribution in [0.5, 0.6) is 0 Å². The highest BCUT2D eigenvalue weighted by molar-refractivity contribution is 5.42. The Bertz CT molecular complexity index is 275. The first-order valence-electron chi connectivity index (χ1n) is 5.53. The number of rotatable bonds is 7. The molecule has 1 aromatic rings. The van der Waals surface area contributed by atoms with E-state index in [2.05, 4.69) is 0 Å². The van der Waals surface area contributed by atoms with E-state index in [1.54, 1.807) is 0 Å². The smallest absolute Gasteiger partial charge is 0.133 e. The maximum Gasteiger partial charge on any atom is 0.133 e. The van der Waals surface area contributed by atoms with E-state index in [9.17, 15) is 0 Å². The second kappa shape index (κ2) is 8.16. The normalized spacial score (nSPS) is 11.0. The molecule has 0 saturated heterocycles. The van der Waals surface area contributed by atoms with Crippen LogP contribution in [0.1, 0.15) is 0 Å². The van der Waals surface area contributed by atoms with Crippen molar-refractivity contribution in [1.82, 2.24) is 4.48 Å². The Morgan fingerprint density at radius 1 is 0.765 bits per heavy atom. The molecule has 0 saturated carbocycles. The van der Waals surface area contributed by atoms with E-state index in [1.807, 2.05) is 30.3 Å². The van der Waals surface area contributed by atoms with Crippen LogP contribution in [0.3, 0.4) is 0 Å². The Morgan fingerprint density at radius 3 is 1.53 bits per heavy atom. The first-order chi connectivity index (χ1) is 7.79. The number of benzene rings is 1. The number of hydrogen-bond acceptors (Lipinski definition) is 4. The topological polar surface area (TPSA) is 90.7 Å². The summed E-state index contributed by atoms with van der Waals surface area (Å²) in [6.45, 7) is 1.63. The van der Waals surface area contributed by atoms with Crippen LogP contribution in [0, 0.1) is 0 Å². The van der Waals surface area contributed by atoms with Crippen LogP contribution in [-0.2, 0) is 0 Å². The van der Waals surface area contributed by atoms with Crippen molar-refractivity contribution in [3.8, 4) is 0 Å². The molecular formula is C12H21NO4. The van der Waals surface area contributed by atoms with Crippen LogP contribution in [0.4, 0.5) is 5.69 Å². The first kappa shape index (κ1) is 16.0. The Balaban J connectivity index is 0.00000256. The molecule has 0 aliphatic heterocycles. The highest BCUT2D eigenvalue weighted by Crippen LogP contribution is 2.21. The molecule has 0 aliphatic carbocycles. The van der Waals surface area contributed by atoms with Gasteiger partial charge in [0.05, 0.1) is 19.8 Å². The highest BCUT2D eigenvalue weighted by Gasteiger charge is 2.28. The standard InChI is InChI=1S/C12H20NO3.H2O/c14-9-6-13(7-10-15,8-11-16)12-4-2-1-3-5-12;/h1-5,14-16H,6-11H2;1H2/q+1;/p-1. The second-order valence-corrected chi connectivity index (χ2v) is 3.82. The number of quaternary nitrogens is 1. The van der Waals surface area contributed by atoms with Crippen LogP contribution in [0.2, 0.25) is 0 Å². The first-order valence-corrected chi connectivity index (χ1v) is 5.53. The lowest BCUT2D eigenvalue weighted by Crippen LogP contribution is -2.54. The average Bonchev–Trinajstić information content (AvgIpc) is 2.31. The van der Waals surface area contributed by atoms with E-state index in [0.717, 1.165) is 5.69 Å². The lowest BCUT2D eigenvalue weighted by atomic mass is 10.2. The number of para-hydroxylation sites is 1. The van der Waals surface area contributed by atoms with Crippen LogP contribution >= 0.6 is 0 Å². The number of aliphatic hydroxyl groups excluding tert-OH is 3. The minimum atomic E-state index is 0. The van der Waals surface area contributed by atoms with E-state index in [1.165, 1.54) is 0 Å². The zero-order valence-corrected chi connectivity index (χ0v) is 9.87.